The van der Waals surface area contributed by atoms with E-state index in [-0.39, 0.29) is 23.1 Å². The third-order valence-corrected chi connectivity index (χ3v) is 6.74. The van der Waals surface area contributed by atoms with E-state index in [2.05, 4.69) is 5.32 Å². The fourth-order valence-electron chi connectivity index (χ4n) is 3.01. The second kappa shape index (κ2) is 8.67. The topological polar surface area (TPSA) is 58.6 Å². The first-order valence-electron chi connectivity index (χ1n) is 9.32. The fourth-order valence-corrected chi connectivity index (χ4v) is 4.30. The molecule has 0 aromatic heterocycles. The molecule has 1 fully saturated rings. The minimum Gasteiger partial charge on any atom is -0.495 e. The van der Waals surface area contributed by atoms with Gasteiger partial charge in [0.1, 0.15) is 11.1 Å². The van der Waals surface area contributed by atoms with Crippen LogP contribution in [-0.2, 0) is 9.59 Å². The molecule has 5 nitrogen and oxygen atoms in total. The van der Waals surface area contributed by atoms with Crippen molar-refractivity contribution in [3.63, 3.8) is 0 Å². The van der Waals surface area contributed by atoms with E-state index in [9.17, 15) is 9.59 Å². The van der Waals surface area contributed by atoms with Gasteiger partial charge in [-0.2, -0.15) is 0 Å². The predicted octanol–water partition coefficient (Wildman–Crippen LogP) is 4.99. The molecule has 2 aromatic carbocycles. The SMILES string of the molecule is COc1ccc(C)cc1N1C(=O)CS[C@@H]1c1ccc(NC(=O)C(C)(C)CCl)cc1. The van der Waals surface area contributed by atoms with Gasteiger partial charge < -0.3 is 10.1 Å². The van der Waals surface area contributed by atoms with Crippen LogP contribution in [0.15, 0.2) is 42.5 Å². The van der Waals surface area contributed by atoms with Gasteiger partial charge in [-0.15, -0.1) is 23.4 Å². The Bertz CT molecular complexity index is 915. The molecule has 0 radical (unpaired) electrons. The minimum atomic E-state index is -0.646. The van der Waals surface area contributed by atoms with Gasteiger partial charge in [0.2, 0.25) is 11.8 Å². The first-order valence-corrected chi connectivity index (χ1v) is 10.9. The van der Waals surface area contributed by atoms with Crippen LogP contribution in [0.3, 0.4) is 0 Å². The highest BCUT2D eigenvalue weighted by molar-refractivity contribution is 8.00. The van der Waals surface area contributed by atoms with E-state index < -0.39 is 5.41 Å². The number of rotatable bonds is 6. The Labute approximate surface area is 180 Å². The summed E-state index contributed by atoms with van der Waals surface area (Å²) in [5.41, 5.74) is 2.87. The molecule has 0 aliphatic carbocycles. The molecule has 1 aliphatic rings. The molecule has 1 aliphatic heterocycles. The summed E-state index contributed by atoms with van der Waals surface area (Å²) >= 11 is 7.45. The number of alkyl halides is 1. The van der Waals surface area contributed by atoms with E-state index in [4.69, 9.17) is 16.3 Å². The molecular formula is C22H25ClN2O3S. The summed E-state index contributed by atoms with van der Waals surface area (Å²) in [5.74, 6) is 1.24. The lowest BCUT2D eigenvalue weighted by atomic mass is 9.95. The van der Waals surface area contributed by atoms with Crippen molar-refractivity contribution < 1.29 is 14.3 Å². The summed E-state index contributed by atoms with van der Waals surface area (Å²) in [6.45, 7) is 5.60. The second-order valence-corrected chi connectivity index (χ2v) is 9.03. The summed E-state index contributed by atoms with van der Waals surface area (Å²) in [6, 6.07) is 13.4. The minimum absolute atomic E-state index is 0.0464. The molecule has 0 spiro atoms. The van der Waals surface area contributed by atoms with E-state index in [0.717, 1.165) is 16.8 Å². The standard InChI is InChI=1S/C22H25ClN2O3S/c1-14-5-10-18(28-4)17(11-14)25-19(26)12-29-20(25)15-6-8-16(9-7-15)24-21(27)22(2,3)13-23/h5-11,20H,12-13H2,1-4H3,(H,24,27)/t20-/m1/s1. The Morgan fingerprint density at radius 3 is 2.59 bits per heavy atom. The van der Waals surface area contributed by atoms with Gasteiger partial charge >= 0.3 is 0 Å². The molecule has 0 unspecified atom stereocenters. The zero-order valence-electron chi connectivity index (χ0n) is 17.0. The maximum Gasteiger partial charge on any atom is 0.238 e. The lowest BCUT2D eigenvalue weighted by molar-refractivity contribution is -0.123. The Hall–Kier alpha value is -2.18. The van der Waals surface area contributed by atoms with Gasteiger partial charge in [-0.1, -0.05) is 18.2 Å². The maximum absolute atomic E-state index is 12.7. The van der Waals surface area contributed by atoms with Crippen LogP contribution in [0.2, 0.25) is 0 Å². The van der Waals surface area contributed by atoms with Crippen molar-refractivity contribution in [1.82, 2.24) is 0 Å². The van der Waals surface area contributed by atoms with E-state index in [1.165, 1.54) is 0 Å². The summed E-state index contributed by atoms with van der Waals surface area (Å²) < 4.78 is 5.49. The summed E-state index contributed by atoms with van der Waals surface area (Å²) in [4.78, 5) is 26.8. The third-order valence-electron chi connectivity index (χ3n) is 4.86. The molecule has 2 aromatic rings. The average molecular weight is 433 g/mol. The first kappa shape index (κ1) is 21.5. The predicted molar refractivity (Wildman–Crippen MR) is 120 cm³/mol. The van der Waals surface area contributed by atoms with Crippen LogP contribution in [0.25, 0.3) is 0 Å². The molecule has 0 saturated carbocycles. The highest BCUT2D eigenvalue weighted by atomic mass is 35.5. The molecule has 154 valence electrons. The van der Waals surface area contributed by atoms with Crippen molar-refractivity contribution in [2.45, 2.75) is 26.1 Å². The van der Waals surface area contributed by atoms with Crippen LogP contribution >= 0.6 is 23.4 Å². The van der Waals surface area contributed by atoms with E-state index in [1.807, 2.05) is 49.4 Å². The normalized spacial score (nSPS) is 16.8. The van der Waals surface area contributed by atoms with Crippen LogP contribution in [0, 0.1) is 12.3 Å². The smallest absolute Gasteiger partial charge is 0.238 e. The molecular weight excluding hydrogens is 408 g/mol. The summed E-state index contributed by atoms with van der Waals surface area (Å²) in [5, 5.41) is 2.75. The molecule has 29 heavy (non-hydrogen) atoms. The Morgan fingerprint density at radius 2 is 1.97 bits per heavy atom. The molecule has 7 heteroatoms. The van der Waals surface area contributed by atoms with Crippen LogP contribution in [0.1, 0.15) is 30.3 Å². The molecule has 1 N–H and O–H groups in total. The van der Waals surface area contributed by atoms with Gasteiger partial charge in [0, 0.05) is 11.6 Å². The lowest BCUT2D eigenvalue weighted by Crippen LogP contribution is -2.32. The quantitative estimate of drug-likeness (QED) is 0.653. The van der Waals surface area contributed by atoms with Crippen molar-refractivity contribution in [2.24, 2.45) is 5.41 Å². The highest BCUT2D eigenvalue weighted by Crippen LogP contribution is 2.45. The van der Waals surface area contributed by atoms with E-state index >= 15 is 0 Å². The largest absolute Gasteiger partial charge is 0.495 e. The summed E-state index contributed by atoms with van der Waals surface area (Å²) in [7, 11) is 1.61. The molecule has 3 rings (SSSR count). The van der Waals surface area contributed by atoms with Crippen LogP contribution in [0.4, 0.5) is 11.4 Å². The summed E-state index contributed by atoms with van der Waals surface area (Å²) in [6.07, 6.45) is 0. The fraction of sp³-hybridized carbons (Fsp3) is 0.364. The zero-order chi connectivity index (χ0) is 21.2. The Morgan fingerprint density at radius 1 is 1.28 bits per heavy atom. The van der Waals surface area contributed by atoms with Gasteiger partial charge in [-0.25, -0.2) is 0 Å². The van der Waals surface area contributed by atoms with Crippen molar-refractivity contribution in [3.8, 4) is 5.75 Å². The van der Waals surface area contributed by atoms with Gasteiger partial charge in [0.15, 0.2) is 0 Å². The van der Waals surface area contributed by atoms with Crippen LogP contribution in [0.5, 0.6) is 5.75 Å². The van der Waals surface area contributed by atoms with Crippen LogP contribution < -0.4 is 15.0 Å². The highest BCUT2D eigenvalue weighted by Gasteiger charge is 2.35. The molecule has 1 heterocycles. The second-order valence-electron chi connectivity index (χ2n) is 7.70. The first-order chi connectivity index (χ1) is 13.8. The molecule has 2 amide bonds. The third kappa shape index (κ3) is 4.54. The molecule has 0 bridgehead atoms. The number of carbonyl (C=O) groups is 2. The average Bonchev–Trinajstić information content (AvgIpc) is 3.09. The number of amides is 2. The number of benzene rings is 2. The van der Waals surface area contributed by atoms with Crippen LogP contribution in [-0.4, -0.2) is 30.6 Å². The lowest BCUT2D eigenvalue weighted by Gasteiger charge is -2.26. The number of thioether (sulfide) groups is 1. The van der Waals surface area contributed by atoms with Crippen molar-refractivity contribution >= 4 is 46.6 Å². The Balaban J connectivity index is 1.85. The molecule has 1 atom stereocenters. The van der Waals surface area contributed by atoms with Crippen molar-refractivity contribution in [2.75, 3.05) is 29.0 Å². The number of aryl methyl sites for hydroxylation is 1. The zero-order valence-corrected chi connectivity index (χ0v) is 18.6. The Kier molecular flexibility index (Phi) is 6.44. The van der Waals surface area contributed by atoms with Crippen molar-refractivity contribution in [1.29, 1.82) is 0 Å². The maximum atomic E-state index is 12.7. The number of halogens is 1. The molecule has 1 saturated heterocycles. The van der Waals surface area contributed by atoms with Crippen molar-refractivity contribution in [3.05, 3.63) is 53.6 Å². The number of methoxy groups -OCH3 is 1. The van der Waals surface area contributed by atoms with Gasteiger partial charge in [-0.05, 0) is 56.2 Å². The van der Waals surface area contributed by atoms with E-state index in [0.29, 0.717) is 17.2 Å². The monoisotopic (exact) mass is 432 g/mol. The number of carbonyl (C=O) groups excluding carboxylic acids is 2. The number of anilines is 2. The number of hydrogen-bond acceptors (Lipinski definition) is 4. The van der Waals surface area contributed by atoms with Gasteiger partial charge in [0.05, 0.1) is 24.0 Å². The number of nitrogens with zero attached hydrogens (tertiary/aromatic N) is 1. The number of nitrogens with one attached hydrogen (secondary N) is 1. The van der Waals surface area contributed by atoms with Gasteiger partial charge in [0.25, 0.3) is 0 Å². The number of ether oxygens (including phenoxy) is 1. The number of hydrogen-bond donors (Lipinski definition) is 1. The van der Waals surface area contributed by atoms with Gasteiger partial charge in [-0.3, -0.25) is 14.5 Å². The van der Waals surface area contributed by atoms with E-state index in [1.54, 1.807) is 37.6 Å².